The summed E-state index contributed by atoms with van der Waals surface area (Å²) in [6, 6.07) is 16.3. The summed E-state index contributed by atoms with van der Waals surface area (Å²) in [5.74, 6) is 1.70. The third-order valence-electron chi connectivity index (χ3n) is 5.71. The van der Waals surface area contributed by atoms with Gasteiger partial charge in [-0.05, 0) is 61.7 Å². The maximum absolute atomic E-state index is 12.2. The van der Waals surface area contributed by atoms with Crippen molar-refractivity contribution in [2.75, 3.05) is 40.5 Å². The minimum atomic E-state index is 0.0419. The first kappa shape index (κ1) is 23.1. The Kier molecular flexibility index (Phi) is 9.18. The predicted molar refractivity (Wildman–Crippen MR) is 122 cm³/mol. The first-order valence-corrected chi connectivity index (χ1v) is 11.0. The van der Waals surface area contributed by atoms with E-state index >= 15 is 0 Å². The molecule has 3 rings (SSSR count). The van der Waals surface area contributed by atoms with Crippen molar-refractivity contribution in [1.29, 1.82) is 0 Å². The summed E-state index contributed by atoms with van der Waals surface area (Å²) in [5, 5.41) is 3.00. The number of hydrogen-bond donors (Lipinski definition) is 1. The van der Waals surface area contributed by atoms with Crippen LogP contribution in [0.15, 0.2) is 48.5 Å². The second kappa shape index (κ2) is 12.3. The molecule has 0 saturated carbocycles. The van der Waals surface area contributed by atoms with Gasteiger partial charge in [0, 0.05) is 38.8 Å². The van der Waals surface area contributed by atoms with E-state index in [2.05, 4.69) is 17.3 Å². The molecule has 1 heterocycles. The highest BCUT2D eigenvalue weighted by Gasteiger charge is 2.18. The second-order valence-corrected chi connectivity index (χ2v) is 7.94. The molecule has 2 aromatic carbocycles. The van der Waals surface area contributed by atoms with Gasteiger partial charge in [-0.2, -0.15) is 0 Å². The van der Waals surface area contributed by atoms with Gasteiger partial charge in [0.15, 0.2) is 0 Å². The highest BCUT2D eigenvalue weighted by Crippen LogP contribution is 2.16. The smallest absolute Gasteiger partial charge is 0.220 e. The summed E-state index contributed by atoms with van der Waals surface area (Å²) >= 11 is 0. The summed E-state index contributed by atoms with van der Waals surface area (Å²) < 4.78 is 16.5. The van der Waals surface area contributed by atoms with Crippen molar-refractivity contribution >= 4 is 5.91 Å². The number of carbonyl (C=O) groups excluding carboxylic acids is 1. The van der Waals surface area contributed by atoms with Crippen LogP contribution in [-0.4, -0.2) is 57.4 Å². The molecule has 1 amide bonds. The quantitative estimate of drug-likeness (QED) is 0.597. The zero-order chi connectivity index (χ0) is 21.9. The Balaban J connectivity index is 1.36. The fourth-order valence-electron chi connectivity index (χ4n) is 3.70. The first-order chi connectivity index (χ1) is 15.1. The molecule has 0 aliphatic carbocycles. The van der Waals surface area contributed by atoms with Crippen LogP contribution < -0.4 is 14.8 Å². The third-order valence-corrected chi connectivity index (χ3v) is 5.71. The van der Waals surface area contributed by atoms with Gasteiger partial charge in [0.05, 0.1) is 7.11 Å². The van der Waals surface area contributed by atoms with E-state index in [1.165, 1.54) is 0 Å². The van der Waals surface area contributed by atoms with Gasteiger partial charge in [-0.25, -0.2) is 0 Å². The fourth-order valence-corrected chi connectivity index (χ4v) is 3.70. The Hall–Kier alpha value is -2.57. The molecular weight excluding hydrogens is 392 g/mol. The van der Waals surface area contributed by atoms with Crippen LogP contribution in [0.25, 0.3) is 0 Å². The number of nitrogens with zero attached hydrogens (tertiary/aromatic N) is 1. The molecule has 1 fully saturated rings. The van der Waals surface area contributed by atoms with Crippen molar-refractivity contribution in [3.8, 4) is 11.5 Å². The van der Waals surface area contributed by atoms with Crippen LogP contribution in [0.5, 0.6) is 11.5 Å². The zero-order valence-corrected chi connectivity index (χ0v) is 18.6. The Morgan fingerprint density at radius 3 is 2.61 bits per heavy atom. The SMILES string of the molecule is COc1ccc(CCC(=O)NCc2cccc(OCCN(C)C3CCOCC3)c2)cc1. The van der Waals surface area contributed by atoms with E-state index in [9.17, 15) is 4.79 Å². The standard InChI is InChI=1S/C25H34N2O4/c1-27(22-12-15-30-16-13-22)14-17-31-24-5-3-4-21(18-24)19-26-25(28)11-8-20-6-9-23(29-2)10-7-20/h3-7,9-10,18,22H,8,11-17,19H2,1-2H3,(H,26,28). The van der Waals surface area contributed by atoms with E-state index in [0.717, 1.165) is 55.2 Å². The van der Waals surface area contributed by atoms with E-state index in [4.69, 9.17) is 14.2 Å². The van der Waals surface area contributed by atoms with Gasteiger partial charge in [0.1, 0.15) is 18.1 Å². The molecule has 0 unspecified atom stereocenters. The van der Waals surface area contributed by atoms with Crippen molar-refractivity contribution in [3.05, 3.63) is 59.7 Å². The second-order valence-electron chi connectivity index (χ2n) is 7.94. The average molecular weight is 427 g/mol. The molecule has 0 aromatic heterocycles. The lowest BCUT2D eigenvalue weighted by Crippen LogP contribution is -2.38. The van der Waals surface area contributed by atoms with E-state index in [1.54, 1.807) is 7.11 Å². The minimum absolute atomic E-state index is 0.0419. The number of benzene rings is 2. The summed E-state index contributed by atoms with van der Waals surface area (Å²) in [5.41, 5.74) is 2.16. The highest BCUT2D eigenvalue weighted by molar-refractivity contribution is 5.76. The Morgan fingerprint density at radius 2 is 1.87 bits per heavy atom. The van der Waals surface area contributed by atoms with Gasteiger partial charge in [-0.3, -0.25) is 9.69 Å². The molecule has 0 bridgehead atoms. The van der Waals surface area contributed by atoms with Gasteiger partial charge in [0.2, 0.25) is 5.91 Å². The lowest BCUT2D eigenvalue weighted by molar-refractivity contribution is -0.121. The summed E-state index contributed by atoms with van der Waals surface area (Å²) in [6.07, 6.45) is 3.34. The molecule has 6 heteroatoms. The number of aryl methyl sites for hydroxylation is 1. The molecule has 0 atom stereocenters. The van der Waals surface area contributed by atoms with Crippen molar-refractivity contribution in [1.82, 2.24) is 10.2 Å². The van der Waals surface area contributed by atoms with E-state index in [1.807, 2.05) is 48.5 Å². The molecule has 1 aliphatic rings. The van der Waals surface area contributed by atoms with Gasteiger partial charge < -0.3 is 19.5 Å². The number of carbonyl (C=O) groups is 1. The molecule has 0 spiro atoms. The fraction of sp³-hybridized carbons (Fsp3) is 0.480. The minimum Gasteiger partial charge on any atom is -0.497 e. The molecule has 1 N–H and O–H groups in total. The van der Waals surface area contributed by atoms with Crippen molar-refractivity contribution < 1.29 is 19.0 Å². The Bertz CT molecular complexity index is 803. The van der Waals surface area contributed by atoms with Crippen LogP contribution in [0.3, 0.4) is 0 Å². The zero-order valence-electron chi connectivity index (χ0n) is 18.6. The van der Waals surface area contributed by atoms with E-state index in [-0.39, 0.29) is 5.91 Å². The largest absolute Gasteiger partial charge is 0.497 e. The van der Waals surface area contributed by atoms with Crippen LogP contribution in [0.2, 0.25) is 0 Å². The Morgan fingerprint density at radius 1 is 1.10 bits per heavy atom. The molecular formula is C25H34N2O4. The molecule has 1 saturated heterocycles. The summed E-state index contributed by atoms with van der Waals surface area (Å²) in [7, 11) is 3.80. The number of ether oxygens (including phenoxy) is 3. The third kappa shape index (κ3) is 7.89. The van der Waals surface area contributed by atoms with Gasteiger partial charge >= 0.3 is 0 Å². The molecule has 0 radical (unpaired) electrons. The molecule has 2 aromatic rings. The number of nitrogens with one attached hydrogen (secondary N) is 1. The van der Waals surface area contributed by atoms with Gasteiger partial charge in [0.25, 0.3) is 0 Å². The van der Waals surface area contributed by atoms with Crippen LogP contribution in [0.4, 0.5) is 0 Å². The first-order valence-electron chi connectivity index (χ1n) is 11.0. The van der Waals surface area contributed by atoms with E-state index in [0.29, 0.717) is 32.0 Å². The Labute approximate surface area is 185 Å². The lowest BCUT2D eigenvalue weighted by atomic mass is 10.1. The number of rotatable bonds is 11. The van der Waals surface area contributed by atoms with Crippen LogP contribution in [0.1, 0.15) is 30.4 Å². The lowest BCUT2D eigenvalue weighted by Gasteiger charge is -2.31. The maximum Gasteiger partial charge on any atom is 0.220 e. The number of amides is 1. The van der Waals surface area contributed by atoms with Crippen LogP contribution in [-0.2, 0) is 22.5 Å². The average Bonchev–Trinajstić information content (AvgIpc) is 2.82. The van der Waals surface area contributed by atoms with Crippen molar-refractivity contribution in [2.45, 2.75) is 38.3 Å². The molecule has 31 heavy (non-hydrogen) atoms. The predicted octanol–water partition coefficient (Wildman–Crippen LogP) is 3.43. The monoisotopic (exact) mass is 426 g/mol. The van der Waals surface area contributed by atoms with E-state index < -0.39 is 0 Å². The highest BCUT2D eigenvalue weighted by atomic mass is 16.5. The number of hydrogen-bond acceptors (Lipinski definition) is 5. The normalized spacial score (nSPS) is 14.4. The maximum atomic E-state index is 12.2. The molecule has 6 nitrogen and oxygen atoms in total. The van der Waals surface area contributed by atoms with Crippen molar-refractivity contribution in [3.63, 3.8) is 0 Å². The van der Waals surface area contributed by atoms with Gasteiger partial charge in [-0.1, -0.05) is 24.3 Å². The summed E-state index contributed by atoms with van der Waals surface area (Å²) in [6.45, 7) is 3.73. The van der Waals surface area contributed by atoms with Crippen LogP contribution >= 0.6 is 0 Å². The van der Waals surface area contributed by atoms with Crippen molar-refractivity contribution in [2.24, 2.45) is 0 Å². The molecule has 168 valence electrons. The summed E-state index contributed by atoms with van der Waals surface area (Å²) in [4.78, 5) is 14.6. The number of methoxy groups -OCH3 is 1. The van der Waals surface area contributed by atoms with Gasteiger partial charge in [-0.15, -0.1) is 0 Å². The topological polar surface area (TPSA) is 60.0 Å². The van der Waals surface area contributed by atoms with Crippen LogP contribution in [0, 0.1) is 0 Å². The number of likely N-dealkylation sites (N-methyl/N-ethyl adjacent to an activating group) is 1. The molecule has 1 aliphatic heterocycles.